The molecule has 1 rings (SSSR count). The highest BCUT2D eigenvalue weighted by atomic mass is 16.6. The summed E-state index contributed by atoms with van der Waals surface area (Å²) in [4.78, 5) is 21.1. The number of carbonyl (C=O) groups is 1. The molecule has 0 aliphatic carbocycles. The van der Waals surface area contributed by atoms with E-state index in [0.717, 1.165) is 0 Å². The van der Waals surface area contributed by atoms with Crippen molar-refractivity contribution < 1.29 is 29.4 Å². The third-order valence-corrected chi connectivity index (χ3v) is 3.25. The molecule has 1 aromatic rings. The van der Waals surface area contributed by atoms with Crippen molar-refractivity contribution in [1.29, 1.82) is 0 Å². The summed E-state index contributed by atoms with van der Waals surface area (Å²) in [5.41, 5.74) is -0.111. The van der Waals surface area contributed by atoms with E-state index in [1.165, 1.54) is 19.2 Å². The van der Waals surface area contributed by atoms with Crippen LogP contribution in [0.4, 0.5) is 5.69 Å². The molecule has 0 aliphatic rings. The van der Waals surface area contributed by atoms with Gasteiger partial charge in [0.1, 0.15) is 0 Å². The number of rotatable bonds is 9. The van der Waals surface area contributed by atoms with Crippen LogP contribution in [0.1, 0.15) is 38.4 Å². The van der Waals surface area contributed by atoms with E-state index in [4.69, 9.17) is 14.6 Å². The summed E-state index contributed by atoms with van der Waals surface area (Å²) in [5, 5.41) is 30.0. The van der Waals surface area contributed by atoms with Crippen molar-refractivity contribution in [2.75, 3.05) is 13.7 Å². The number of carboxylic acid groups (broad SMARTS) is 1. The van der Waals surface area contributed by atoms with Gasteiger partial charge in [0, 0.05) is 6.42 Å². The summed E-state index contributed by atoms with van der Waals surface area (Å²) in [7, 11) is 1.39. The van der Waals surface area contributed by atoms with Crippen LogP contribution in [0.2, 0.25) is 0 Å². The van der Waals surface area contributed by atoms with Gasteiger partial charge >= 0.3 is 5.97 Å². The summed E-state index contributed by atoms with van der Waals surface area (Å²) in [6.07, 6.45) is -0.803. The van der Waals surface area contributed by atoms with Crippen LogP contribution in [-0.2, 0) is 4.79 Å². The molecule has 0 heterocycles. The zero-order chi connectivity index (χ0) is 17.6. The number of benzene rings is 1. The van der Waals surface area contributed by atoms with E-state index in [1.54, 1.807) is 13.8 Å². The summed E-state index contributed by atoms with van der Waals surface area (Å²) in [5.74, 6) is -0.757. The molecule has 1 aromatic carbocycles. The predicted octanol–water partition coefficient (Wildman–Crippen LogP) is 2.54. The van der Waals surface area contributed by atoms with Crippen LogP contribution in [0.5, 0.6) is 11.5 Å². The second-order valence-electron chi connectivity index (χ2n) is 5.35. The van der Waals surface area contributed by atoms with Gasteiger partial charge in [0.05, 0.1) is 36.4 Å². The third-order valence-electron chi connectivity index (χ3n) is 3.25. The normalized spacial score (nSPS) is 12.0. The Kier molecular flexibility index (Phi) is 6.77. The Hall–Kier alpha value is -2.35. The van der Waals surface area contributed by atoms with Gasteiger partial charge in [-0.05, 0) is 18.4 Å². The van der Waals surface area contributed by atoms with E-state index in [-0.39, 0.29) is 48.1 Å². The fourth-order valence-corrected chi connectivity index (χ4v) is 2.00. The van der Waals surface area contributed by atoms with Gasteiger partial charge in [-0.15, -0.1) is 0 Å². The van der Waals surface area contributed by atoms with Crippen molar-refractivity contribution in [3.05, 3.63) is 27.8 Å². The predicted molar refractivity (Wildman–Crippen MR) is 81.8 cm³/mol. The first-order valence-electron chi connectivity index (χ1n) is 7.16. The molecule has 0 aliphatic heterocycles. The van der Waals surface area contributed by atoms with Gasteiger partial charge in [-0.1, -0.05) is 13.8 Å². The Morgan fingerprint density at radius 3 is 2.48 bits per heavy atom. The maximum Gasteiger partial charge on any atom is 0.303 e. The minimum absolute atomic E-state index is 0.0610. The van der Waals surface area contributed by atoms with Crippen molar-refractivity contribution in [3.63, 3.8) is 0 Å². The summed E-state index contributed by atoms with van der Waals surface area (Å²) >= 11 is 0. The molecule has 1 unspecified atom stereocenters. The number of ether oxygens (including phenoxy) is 2. The van der Waals surface area contributed by atoms with Crippen LogP contribution in [0.15, 0.2) is 12.1 Å². The first-order valence-corrected chi connectivity index (χ1v) is 7.16. The minimum Gasteiger partial charge on any atom is -0.493 e. The second-order valence-corrected chi connectivity index (χ2v) is 5.35. The van der Waals surface area contributed by atoms with Crippen LogP contribution >= 0.6 is 0 Å². The lowest BCUT2D eigenvalue weighted by atomic mass is 9.97. The molecule has 23 heavy (non-hydrogen) atoms. The summed E-state index contributed by atoms with van der Waals surface area (Å²) in [6.45, 7) is 3.58. The first kappa shape index (κ1) is 18.7. The monoisotopic (exact) mass is 327 g/mol. The van der Waals surface area contributed by atoms with E-state index in [2.05, 4.69) is 0 Å². The van der Waals surface area contributed by atoms with Crippen LogP contribution < -0.4 is 9.47 Å². The minimum atomic E-state index is -1.01. The highest BCUT2D eigenvalue weighted by molar-refractivity contribution is 5.66. The molecule has 8 nitrogen and oxygen atoms in total. The maximum atomic E-state index is 11.2. The molecule has 1 atom stereocenters. The molecule has 0 amide bonds. The lowest BCUT2D eigenvalue weighted by molar-refractivity contribution is -0.386. The van der Waals surface area contributed by atoms with Gasteiger partial charge in [-0.3, -0.25) is 14.9 Å². The smallest absolute Gasteiger partial charge is 0.303 e. The number of methoxy groups -OCH3 is 1. The molecule has 2 N–H and O–H groups in total. The lowest BCUT2D eigenvalue weighted by Crippen LogP contribution is -2.10. The van der Waals surface area contributed by atoms with E-state index >= 15 is 0 Å². The molecule has 0 bridgehead atoms. The molecule has 128 valence electrons. The molecule has 0 saturated heterocycles. The summed E-state index contributed by atoms with van der Waals surface area (Å²) in [6, 6.07) is 2.58. The highest BCUT2D eigenvalue weighted by Crippen LogP contribution is 2.39. The Balaban J connectivity index is 3.09. The zero-order valence-electron chi connectivity index (χ0n) is 13.3. The summed E-state index contributed by atoms with van der Waals surface area (Å²) < 4.78 is 10.5. The van der Waals surface area contributed by atoms with Crippen molar-refractivity contribution in [1.82, 2.24) is 0 Å². The molecular formula is C15H21NO7. The molecular weight excluding hydrogens is 306 g/mol. The fraction of sp³-hybridized carbons (Fsp3) is 0.533. The molecule has 0 aromatic heterocycles. The highest BCUT2D eigenvalue weighted by Gasteiger charge is 2.26. The van der Waals surface area contributed by atoms with Gasteiger partial charge < -0.3 is 19.7 Å². The average molecular weight is 327 g/mol. The van der Waals surface area contributed by atoms with Gasteiger partial charge in [-0.2, -0.15) is 0 Å². The van der Waals surface area contributed by atoms with Crippen molar-refractivity contribution in [3.8, 4) is 11.5 Å². The fourth-order valence-electron chi connectivity index (χ4n) is 2.00. The van der Waals surface area contributed by atoms with Crippen LogP contribution in [0.3, 0.4) is 0 Å². The van der Waals surface area contributed by atoms with E-state index in [0.29, 0.717) is 0 Å². The number of nitro groups is 1. The zero-order valence-corrected chi connectivity index (χ0v) is 13.3. The topological polar surface area (TPSA) is 119 Å². The van der Waals surface area contributed by atoms with E-state index in [9.17, 15) is 20.0 Å². The van der Waals surface area contributed by atoms with Crippen LogP contribution in [-0.4, -0.2) is 34.8 Å². The number of nitrogens with zero attached hydrogens (tertiary/aromatic N) is 1. The van der Waals surface area contributed by atoms with Crippen LogP contribution in [0, 0.1) is 16.0 Å². The van der Waals surface area contributed by atoms with Crippen molar-refractivity contribution in [2.45, 2.75) is 32.8 Å². The lowest BCUT2D eigenvalue weighted by Gasteiger charge is -2.18. The standard InChI is InChI=1S/C15H21NO7/c1-9(2)15(19)10-7-12(22-3)13(8-11(10)16(20)21)23-6-4-5-14(17)18/h7-9,15,19H,4-6H2,1-3H3,(H,17,18). The Morgan fingerprint density at radius 1 is 1.35 bits per heavy atom. The van der Waals surface area contributed by atoms with E-state index < -0.39 is 17.0 Å². The van der Waals surface area contributed by atoms with Crippen molar-refractivity contribution >= 4 is 11.7 Å². The third kappa shape index (κ3) is 5.10. The number of hydrogen-bond acceptors (Lipinski definition) is 6. The molecule has 0 spiro atoms. The van der Waals surface area contributed by atoms with Gasteiger partial charge in [0.2, 0.25) is 0 Å². The van der Waals surface area contributed by atoms with Gasteiger partial charge in [0.25, 0.3) is 5.69 Å². The Morgan fingerprint density at radius 2 is 2.00 bits per heavy atom. The molecule has 0 saturated carbocycles. The van der Waals surface area contributed by atoms with Gasteiger partial charge in [0.15, 0.2) is 11.5 Å². The van der Waals surface area contributed by atoms with Gasteiger partial charge in [-0.25, -0.2) is 0 Å². The first-order chi connectivity index (χ1) is 10.8. The average Bonchev–Trinajstić information content (AvgIpc) is 2.49. The quantitative estimate of drug-likeness (QED) is 0.406. The Labute approximate surface area is 133 Å². The molecule has 0 fully saturated rings. The largest absolute Gasteiger partial charge is 0.493 e. The number of nitro benzene ring substituents is 1. The number of aliphatic hydroxyl groups is 1. The number of hydrogen-bond donors (Lipinski definition) is 2. The van der Waals surface area contributed by atoms with E-state index in [1.807, 2.05) is 0 Å². The SMILES string of the molecule is COc1cc(C(O)C(C)C)c([N+](=O)[O-])cc1OCCCC(=O)O. The second kappa shape index (κ2) is 8.33. The van der Waals surface area contributed by atoms with Crippen LogP contribution in [0.25, 0.3) is 0 Å². The number of aliphatic carboxylic acids is 1. The Bertz CT molecular complexity index is 571. The van der Waals surface area contributed by atoms with Crippen molar-refractivity contribution in [2.24, 2.45) is 5.92 Å². The maximum absolute atomic E-state index is 11.2. The number of aliphatic hydroxyl groups excluding tert-OH is 1. The number of carboxylic acids is 1. The molecule has 0 radical (unpaired) electrons. The molecule has 8 heteroatoms.